The summed E-state index contributed by atoms with van der Waals surface area (Å²) in [6.07, 6.45) is 10.0. The van der Waals surface area contributed by atoms with E-state index in [2.05, 4.69) is 86.8 Å². The van der Waals surface area contributed by atoms with Gasteiger partial charge in [0.1, 0.15) is 0 Å². The average Bonchev–Trinajstić information content (AvgIpc) is 2.87. The van der Waals surface area contributed by atoms with E-state index in [0.717, 1.165) is 6.42 Å². The van der Waals surface area contributed by atoms with Gasteiger partial charge in [-0.2, -0.15) is 0 Å². The summed E-state index contributed by atoms with van der Waals surface area (Å²) >= 11 is 0. The molecule has 2 aromatic carbocycles. The molecule has 0 aromatic heterocycles. The first-order valence-electron chi connectivity index (χ1n) is 12.7. The van der Waals surface area contributed by atoms with Crippen LogP contribution in [-0.4, -0.2) is 40.5 Å². The second-order valence-corrected chi connectivity index (χ2v) is 14.6. The molecule has 1 aliphatic heterocycles. The number of rotatable bonds is 11. The van der Waals surface area contributed by atoms with Crippen LogP contribution < -0.4 is 15.7 Å². The Morgan fingerprint density at radius 2 is 1.58 bits per heavy atom. The number of ether oxygens (including phenoxy) is 1. The van der Waals surface area contributed by atoms with Gasteiger partial charge >= 0.3 is 5.97 Å². The number of allylic oxidation sites excluding steroid dienone is 1. The van der Waals surface area contributed by atoms with Gasteiger partial charge in [-0.25, -0.2) is 0 Å². The van der Waals surface area contributed by atoms with Crippen molar-refractivity contribution in [1.29, 1.82) is 0 Å². The Bertz CT molecular complexity index is 1020. The third-order valence-electron chi connectivity index (χ3n) is 6.90. The van der Waals surface area contributed by atoms with Crippen LogP contribution in [0.25, 0.3) is 0 Å². The molecule has 0 bridgehead atoms. The van der Waals surface area contributed by atoms with Gasteiger partial charge in [-0.15, -0.1) is 0 Å². The average molecular weight is 506 g/mol. The van der Waals surface area contributed by atoms with Gasteiger partial charge in [0.05, 0.1) is 18.9 Å². The minimum Gasteiger partial charge on any atom is -0.469 e. The molecule has 2 aromatic rings. The van der Waals surface area contributed by atoms with Gasteiger partial charge in [0.2, 0.25) is 5.91 Å². The highest BCUT2D eigenvalue weighted by Crippen LogP contribution is 2.37. The predicted molar refractivity (Wildman–Crippen MR) is 148 cm³/mol. The van der Waals surface area contributed by atoms with Gasteiger partial charge in [0.15, 0.2) is 0 Å². The third-order valence-corrected chi connectivity index (χ3v) is 11.9. The number of carbonyl (C=O) groups excluding carboxylic acids is 2. The monoisotopic (exact) mass is 505 g/mol. The fourth-order valence-electron chi connectivity index (χ4n) is 5.06. The van der Waals surface area contributed by atoms with Crippen molar-refractivity contribution in [3.8, 4) is 0 Å². The molecule has 192 valence electrons. The number of hydrogen-bond donors (Lipinski definition) is 1. The van der Waals surface area contributed by atoms with Gasteiger partial charge in [0, 0.05) is 13.2 Å². The minimum atomic E-state index is -2.54. The zero-order valence-corrected chi connectivity index (χ0v) is 23.0. The van der Waals surface area contributed by atoms with Crippen LogP contribution >= 0.6 is 0 Å². The van der Waals surface area contributed by atoms with E-state index in [1.165, 1.54) is 17.5 Å². The molecule has 0 spiro atoms. The number of benzene rings is 2. The fourth-order valence-corrected chi connectivity index (χ4v) is 9.64. The lowest BCUT2D eigenvalue weighted by molar-refractivity contribution is -0.146. The highest BCUT2D eigenvalue weighted by Gasteiger charge is 2.49. The van der Waals surface area contributed by atoms with E-state index in [9.17, 15) is 9.59 Å². The highest BCUT2D eigenvalue weighted by molar-refractivity contribution is 6.99. The lowest BCUT2D eigenvalue weighted by Crippen LogP contribution is -2.66. The molecule has 0 radical (unpaired) electrons. The van der Waals surface area contributed by atoms with Crippen LogP contribution in [-0.2, 0) is 18.8 Å². The molecule has 1 amide bonds. The first-order valence-corrected chi connectivity index (χ1v) is 14.6. The Labute approximate surface area is 216 Å². The Morgan fingerprint density at radius 1 is 1.00 bits per heavy atom. The molecule has 0 unspecified atom stereocenters. The molecule has 3 rings (SSSR count). The summed E-state index contributed by atoms with van der Waals surface area (Å²) in [6.45, 7) is 7.93. The van der Waals surface area contributed by atoms with Crippen molar-refractivity contribution in [3.63, 3.8) is 0 Å². The van der Waals surface area contributed by atoms with E-state index < -0.39 is 13.7 Å². The van der Waals surface area contributed by atoms with Crippen molar-refractivity contribution in [3.05, 3.63) is 85.0 Å². The Morgan fingerprint density at radius 3 is 2.11 bits per heavy atom. The second-order valence-electron chi connectivity index (χ2n) is 10.3. The summed E-state index contributed by atoms with van der Waals surface area (Å²) in [5.41, 5.74) is -0.846. The molecule has 1 N–H and O–H groups in total. The third kappa shape index (κ3) is 6.23. The molecule has 0 aliphatic carbocycles. The number of carbonyl (C=O) groups is 2. The van der Waals surface area contributed by atoms with Gasteiger partial charge in [0.25, 0.3) is 8.32 Å². The number of nitrogens with one attached hydrogen (secondary N) is 1. The Balaban J connectivity index is 1.69. The molecule has 0 fully saturated rings. The predicted octanol–water partition coefficient (Wildman–Crippen LogP) is 4.53. The van der Waals surface area contributed by atoms with Crippen molar-refractivity contribution in [2.45, 2.75) is 51.5 Å². The van der Waals surface area contributed by atoms with E-state index in [1.807, 2.05) is 24.3 Å². The first-order chi connectivity index (χ1) is 17.2. The largest absolute Gasteiger partial charge is 0.469 e. The van der Waals surface area contributed by atoms with Gasteiger partial charge in [-0.3, -0.25) is 9.59 Å². The van der Waals surface area contributed by atoms with Crippen LogP contribution in [0.2, 0.25) is 5.04 Å². The molecule has 1 atom stereocenters. The van der Waals surface area contributed by atoms with Crippen LogP contribution in [0.3, 0.4) is 0 Å². The first kappa shape index (κ1) is 27.6. The van der Waals surface area contributed by atoms with E-state index in [4.69, 9.17) is 9.16 Å². The molecule has 1 heterocycles. The Hall–Kier alpha value is -2.96. The van der Waals surface area contributed by atoms with Gasteiger partial charge < -0.3 is 14.5 Å². The van der Waals surface area contributed by atoms with E-state index >= 15 is 0 Å². The zero-order valence-electron chi connectivity index (χ0n) is 22.0. The van der Waals surface area contributed by atoms with Crippen molar-refractivity contribution in [2.75, 3.05) is 20.3 Å². The standard InChI is InChI=1S/C30H39NO4Si/c1-29(2,3)36(25-16-9-7-10-17-25,26-18-11-8-12-19-26)35-23-14-6-5-13-20-30(24-27(32)34-4)21-15-22-31-28(30)33/h5-12,15-19,21H,13-14,20,22-24H2,1-4H3,(H,31,33)/b6-5+/t30-/m0/s1. The van der Waals surface area contributed by atoms with E-state index in [1.54, 1.807) is 0 Å². The summed E-state index contributed by atoms with van der Waals surface area (Å²) < 4.78 is 11.8. The van der Waals surface area contributed by atoms with Crippen molar-refractivity contribution >= 4 is 30.6 Å². The molecule has 5 nitrogen and oxygen atoms in total. The minimum absolute atomic E-state index is 0.0522. The molecule has 6 heteroatoms. The quantitative estimate of drug-likeness (QED) is 0.211. The normalized spacial score (nSPS) is 18.3. The number of methoxy groups -OCH3 is 1. The van der Waals surface area contributed by atoms with E-state index in [0.29, 0.717) is 26.0 Å². The van der Waals surface area contributed by atoms with Gasteiger partial charge in [-0.05, 0) is 34.7 Å². The van der Waals surface area contributed by atoms with Crippen LogP contribution in [0.15, 0.2) is 85.0 Å². The molecule has 0 saturated carbocycles. The molecular formula is C30H39NO4Si. The summed E-state index contributed by atoms with van der Waals surface area (Å²) in [5, 5.41) is 5.34. The molecule has 0 saturated heterocycles. The SMILES string of the molecule is COC(=O)C[C@]1(CC/C=C/CCO[Si](c2ccccc2)(c2ccccc2)C(C)(C)C)C=CCNC1=O. The summed E-state index contributed by atoms with van der Waals surface area (Å²) in [6, 6.07) is 21.3. The van der Waals surface area contributed by atoms with Crippen molar-refractivity contribution < 1.29 is 18.8 Å². The maximum Gasteiger partial charge on any atom is 0.306 e. The van der Waals surface area contributed by atoms with E-state index in [-0.39, 0.29) is 23.3 Å². The van der Waals surface area contributed by atoms with Crippen molar-refractivity contribution in [2.24, 2.45) is 5.41 Å². The van der Waals surface area contributed by atoms with Crippen LogP contribution in [0, 0.1) is 5.41 Å². The number of esters is 1. The maximum atomic E-state index is 12.6. The van der Waals surface area contributed by atoms with Gasteiger partial charge in [-0.1, -0.05) is 106 Å². The lowest BCUT2D eigenvalue weighted by atomic mass is 9.77. The fraction of sp³-hybridized carbons (Fsp3) is 0.400. The summed E-state index contributed by atoms with van der Waals surface area (Å²) in [5.74, 6) is -0.488. The number of hydrogen-bond acceptors (Lipinski definition) is 4. The number of amides is 1. The smallest absolute Gasteiger partial charge is 0.306 e. The lowest BCUT2D eigenvalue weighted by Gasteiger charge is -2.43. The van der Waals surface area contributed by atoms with Crippen LogP contribution in [0.1, 0.15) is 46.5 Å². The van der Waals surface area contributed by atoms with Crippen LogP contribution in [0.4, 0.5) is 0 Å². The van der Waals surface area contributed by atoms with Crippen molar-refractivity contribution in [1.82, 2.24) is 5.32 Å². The zero-order chi connectivity index (χ0) is 26.1. The summed E-state index contributed by atoms with van der Waals surface area (Å²) in [7, 11) is -1.18. The second kappa shape index (κ2) is 12.3. The molecule has 36 heavy (non-hydrogen) atoms. The maximum absolute atomic E-state index is 12.6. The summed E-state index contributed by atoms with van der Waals surface area (Å²) in [4.78, 5) is 24.5. The van der Waals surface area contributed by atoms with Crippen LogP contribution in [0.5, 0.6) is 0 Å². The highest BCUT2D eigenvalue weighted by atomic mass is 28.4. The Kier molecular flexibility index (Phi) is 9.46. The molecular weight excluding hydrogens is 466 g/mol. The molecule has 1 aliphatic rings. The topological polar surface area (TPSA) is 64.6 Å².